The lowest BCUT2D eigenvalue weighted by molar-refractivity contribution is 0.1000. The number of rotatable bonds is 3. The number of aromatic nitrogens is 2. The van der Waals surface area contributed by atoms with E-state index >= 15 is 0 Å². The van der Waals surface area contributed by atoms with Gasteiger partial charge in [-0.05, 0) is 41.6 Å². The van der Waals surface area contributed by atoms with Crippen LogP contribution >= 0.6 is 22.6 Å². The molecule has 0 spiro atoms. The van der Waals surface area contributed by atoms with Crippen molar-refractivity contribution in [2.75, 3.05) is 0 Å². The third kappa shape index (κ3) is 2.87. The summed E-state index contributed by atoms with van der Waals surface area (Å²) in [5, 5.41) is 0. The van der Waals surface area contributed by atoms with Crippen LogP contribution in [0.1, 0.15) is 21.6 Å². The number of benzene rings is 1. The highest BCUT2D eigenvalue weighted by molar-refractivity contribution is 14.1. The lowest BCUT2D eigenvalue weighted by Gasteiger charge is -2.08. The molecular formula is C13H11FIN3O2. The fraction of sp³-hybridized carbons (Fsp3) is 0.154. The van der Waals surface area contributed by atoms with Crippen LogP contribution in [-0.2, 0) is 6.54 Å². The van der Waals surface area contributed by atoms with Gasteiger partial charge in [-0.2, -0.15) is 0 Å². The average Bonchev–Trinajstić information content (AvgIpc) is 2.41. The summed E-state index contributed by atoms with van der Waals surface area (Å²) in [4.78, 5) is 27.0. The maximum atomic E-state index is 13.9. The highest BCUT2D eigenvalue weighted by atomic mass is 127. The van der Waals surface area contributed by atoms with E-state index in [0.29, 0.717) is 14.8 Å². The van der Waals surface area contributed by atoms with Crippen molar-refractivity contribution in [3.8, 4) is 0 Å². The van der Waals surface area contributed by atoms with Crippen molar-refractivity contribution < 1.29 is 9.18 Å². The van der Waals surface area contributed by atoms with E-state index in [4.69, 9.17) is 5.73 Å². The molecule has 0 unspecified atom stereocenters. The van der Waals surface area contributed by atoms with E-state index in [0.717, 1.165) is 6.07 Å². The lowest BCUT2D eigenvalue weighted by Crippen LogP contribution is -2.25. The number of hydrogen-bond acceptors (Lipinski definition) is 3. The molecule has 5 nitrogen and oxygen atoms in total. The maximum Gasteiger partial charge on any atom is 0.267 e. The first kappa shape index (κ1) is 14.6. The third-order valence-corrected chi connectivity index (χ3v) is 4.08. The molecule has 2 N–H and O–H groups in total. The second kappa shape index (κ2) is 5.70. The van der Waals surface area contributed by atoms with Gasteiger partial charge in [-0.25, -0.2) is 9.37 Å². The largest absolute Gasteiger partial charge is 0.366 e. The molecule has 0 aliphatic rings. The number of halogens is 2. The Balaban J connectivity index is 2.38. The van der Waals surface area contributed by atoms with Gasteiger partial charge >= 0.3 is 0 Å². The van der Waals surface area contributed by atoms with E-state index in [-0.39, 0.29) is 17.7 Å². The first-order valence-electron chi connectivity index (χ1n) is 5.70. The molecule has 1 heterocycles. The van der Waals surface area contributed by atoms with Gasteiger partial charge in [-0.1, -0.05) is 6.07 Å². The minimum atomic E-state index is -0.695. The highest BCUT2D eigenvalue weighted by Crippen LogP contribution is 2.12. The molecule has 0 bridgehead atoms. The molecule has 20 heavy (non-hydrogen) atoms. The summed E-state index contributed by atoms with van der Waals surface area (Å²) in [7, 11) is 0. The normalized spacial score (nSPS) is 10.6. The van der Waals surface area contributed by atoms with E-state index in [1.807, 2.05) is 22.6 Å². The Labute approximate surface area is 127 Å². The standard InChI is InChI=1S/C13H11FIN3O2/c1-7-11(15)13(20)18(6-17-7)5-9-3-2-8(12(16)19)4-10(9)14/h2-4,6H,5H2,1H3,(H2,16,19). The number of amides is 1. The van der Waals surface area contributed by atoms with Crippen LogP contribution in [0.15, 0.2) is 29.3 Å². The monoisotopic (exact) mass is 387 g/mol. The maximum absolute atomic E-state index is 13.9. The number of aryl methyl sites for hydroxylation is 1. The van der Waals surface area contributed by atoms with E-state index in [2.05, 4.69) is 4.98 Å². The Morgan fingerprint density at radius 1 is 1.50 bits per heavy atom. The summed E-state index contributed by atoms with van der Waals surface area (Å²) in [5.74, 6) is -1.28. The quantitative estimate of drug-likeness (QED) is 0.810. The van der Waals surface area contributed by atoms with Crippen LogP contribution in [0.3, 0.4) is 0 Å². The van der Waals surface area contributed by atoms with E-state index in [9.17, 15) is 14.0 Å². The zero-order valence-electron chi connectivity index (χ0n) is 10.6. The first-order chi connectivity index (χ1) is 9.40. The van der Waals surface area contributed by atoms with Gasteiger partial charge in [0.2, 0.25) is 5.91 Å². The summed E-state index contributed by atoms with van der Waals surface area (Å²) in [6.45, 7) is 1.78. The van der Waals surface area contributed by atoms with Crippen molar-refractivity contribution in [1.29, 1.82) is 0 Å². The van der Waals surface area contributed by atoms with E-state index in [1.54, 1.807) is 6.92 Å². The second-order valence-corrected chi connectivity index (χ2v) is 5.33. The smallest absolute Gasteiger partial charge is 0.267 e. The van der Waals surface area contributed by atoms with Gasteiger partial charge in [0.25, 0.3) is 5.56 Å². The molecule has 1 aromatic carbocycles. The van der Waals surface area contributed by atoms with Crippen molar-refractivity contribution >= 4 is 28.5 Å². The van der Waals surface area contributed by atoms with Gasteiger partial charge in [-0.3, -0.25) is 14.2 Å². The van der Waals surface area contributed by atoms with Crippen LogP contribution in [0.25, 0.3) is 0 Å². The van der Waals surface area contributed by atoms with Gasteiger partial charge in [-0.15, -0.1) is 0 Å². The number of hydrogen-bond donors (Lipinski definition) is 1. The summed E-state index contributed by atoms with van der Waals surface area (Å²) in [6.07, 6.45) is 1.38. The molecule has 104 valence electrons. The predicted molar refractivity (Wildman–Crippen MR) is 80.0 cm³/mol. The fourth-order valence-electron chi connectivity index (χ4n) is 1.67. The molecule has 0 saturated carbocycles. The Bertz CT molecular complexity index is 743. The van der Waals surface area contributed by atoms with Gasteiger partial charge < -0.3 is 5.73 Å². The van der Waals surface area contributed by atoms with Crippen LogP contribution in [0, 0.1) is 16.3 Å². The number of nitrogens with two attached hydrogens (primary N) is 1. The number of primary amides is 1. The Kier molecular flexibility index (Phi) is 4.17. The molecule has 0 aliphatic heterocycles. The van der Waals surface area contributed by atoms with Crippen LogP contribution < -0.4 is 11.3 Å². The summed E-state index contributed by atoms with van der Waals surface area (Å²) < 4.78 is 15.7. The van der Waals surface area contributed by atoms with Gasteiger partial charge in [0, 0.05) is 11.1 Å². The van der Waals surface area contributed by atoms with Gasteiger partial charge in [0.1, 0.15) is 5.82 Å². The van der Waals surface area contributed by atoms with Crippen LogP contribution in [0.2, 0.25) is 0 Å². The molecule has 2 rings (SSSR count). The Morgan fingerprint density at radius 2 is 2.20 bits per heavy atom. The van der Waals surface area contributed by atoms with E-state index < -0.39 is 11.7 Å². The minimum absolute atomic E-state index is 0.0486. The Hall–Kier alpha value is -1.77. The fourth-order valence-corrected chi connectivity index (χ4v) is 2.12. The summed E-state index contributed by atoms with van der Waals surface area (Å²) in [5.41, 5.74) is 5.87. The molecule has 2 aromatic rings. The second-order valence-electron chi connectivity index (χ2n) is 4.25. The lowest BCUT2D eigenvalue weighted by atomic mass is 10.1. The molecule has 0 atom stereocenters. The zero-order valence-corrected chi connectivity index (χ0v) is 12.7. The molecule has 7 heteroatoms. The van der Waals surface area contributed by atoms with Gasteiger partial charge in [0.05, 0.1) is 22.1 Å². The molecule has 0 aliphatic carbocycles. The zero-order chi connectivity index (χ0) is 14.9. The topological polar surface area (TPSA) is 78.0 Å². The van der Waals surface area contributed by atoms with Crippen molar-refractivity contribution in [1.82, 2.24) is 9.55 Å². The molecule has 1 amide bonds. The van der Waals surface area contributed by atoms with E-state index in [1.165, 1.54) is 23.0 Å². The SMILES string of the molecule is Cc1ncn(Cc2ccc(C(N)=O)cc2F)c(=O)c1I. The van der Waals surface area contributed by atoms with Crippen molar-refractivity contribution in [3.05, 3.63) is 61.1 Å². The van der Waals surface area contributed by atoms with Gasteiger partial charge in [0.15, 0.2) is 0 Å². The molecule has 0 fully saturated rings. The van der Waals surface area contributed by atoms with Crippen molar-refractivity contribution in [2.45, 2.75) is 13.5 Å². The minimum Gasteiger partial charge on any atom is -0.366 e. The number of carbonyl (C=O) groups excluding carboxylic acids is 1. The number of carbonyl (C=O) groups is 1. The summed E-state index contributed by atoms with van der Waals surface area (Å²) in [6, 6.07) is 3.93. The van der Waals surface area contributed by atoms with Crippen LogP contribution in [-0.4, -0.2) is 15.5 Å². The molecule has 0 saturated heterocycles. The van der Waals surface area contributed by atoms with Crippen LogP contribution in [0.4, 0.5) is 4.39 Å². The third-order valence-electron chi connectivity index (χ3n) is 2.84. The van der Waals surface area contributed by atoms with Crippen molar-refractivity contribution in [2.24, 2.45) is 5.73 Å². The average molecular weight is 387 g/mol. The van der Waals surface area contributed by atoms with Crippen molar-refractivity contribution in [3.63, 3.8) is 0 Å². The highest BCUT2D eigenvalue weighted by Gasteiger charge is 2.10. The Morgan fingerprint density at radius 3 is 2.80 bits per heavy atom. The molecule has 0 radical (unpaired) electrons. The van der Waals surface area contributed by atoms with Crippen LogP contribution in [0.5, 0.6) is 0 Å². The number of nitrogens with zero attached hydrogens (tertiary/aromatic N) is 2. The predicted octanol–water partition coefficient (Wildman–Crippen LogP) is 1.44. The summed E-state index contributed by atoms with van der Waals surface area (Å²) >= 11 is 1.91. The first-order valence-corrected chi connectivity index (χ1v) is 6.78. The molecule has 1 aromatic heterocycles. The molecular weight excluding hydrogens is 376 g/mol.